The molecule has 0 saturated heterocycles. The first-order chi connectivity index (χ1) is 8.71. The molecule has 7 heteroatoms. The first-order valence-corrected chi connectivity index (χ1v) is 8.23. The highest BCUT2D eigenvalue weighted by molar-refractivity contribution is 9.10. The van der Waals surface area contributed by atoms with E-state index in [9.17, 15) is 12.8 Å². The number of anilines is 1. The van der Waals surface area contributed by atoms with Crippen LogP contribution in [0.4, 0.5) is 10.1 Å². The van der Waals surface area contributed by atoms with Gasteiger partial charge in [-0.25, -0.2) is 12.8 Å². The van der Waals surface area contributed by atoms with Crippen molar-refractivity contribution in [2.45, 2.75) is 26.9 Å². The minimum absolute atomic E-state index is 0.0168. The Morgan fingerprint density at radius 1 is 1.42 bits per heavy atom. The lowest BCUT2D eigenvalue weighted by Gasteiger charge is -2.12. The Morgan fingerprint density at radius 3 is 2.63 bits per heavy atom. The zero-order chi connectivity index (χ0) is 14.6. The van der Waals surface area contributed by atoms with Gasteiger partial charge in [-0.05, 0) is 54.4 Å². The molecule has 19 heavy (non-hydrogen) atoms. The molecule has 0 spiro atoms. The number of benzene rings is 1. The van der Waals surface area contributed by atoms with Gasteiger partial charge in [0, 0.05) is 0 Å². The van der Waals surface area contributed by atoms with Crippen molar-refractivity contribution in [3.63, 3.8) is 0 Å². The number of nitrogens with one attached hydrogen (secondary N) is 1. The number of hydrogen-bond acceptors (Lipinski definition) is 3. The molecule has 0 amide bonds. The van der Waals surface area contributed by atoms with Crippen LogP contribution in [0.1, 0.15) is 19.4 Å². The van der Waals surface area contributed by atoms with Crippen molar-refractivity contribution in [2.75, 3.05) is 17.1 Å². The van der Waals surface area contributed by atoms with Crippen molar-refractivity contribution in [1.29, 1.82) is 0 Å². The molecule has 0 aliphatic rings. The number of sulfonamides is 1. The fourth-order valence-corrected chi connectivity index (χ4v) is 2.68. The van der Waals surface area contributed by atoms with Gasteiger partial charge in [0.15, 0.2) is 0 Å². The molecule has 0 aliphatic heterocycles. The fourth-order valence-electron chi connectivity index (χ4n) is 1.37. The third-order valence-electron chi connectivity index (χ3n) is 2.34. The molecule has 4 nitrogen and oxygen atoms in total. The van der Waals surface area contributed by atoms with Crippen LogP contribution in [0.15, 0.2) is 16.6 Å². The quantitative estimate of drug-likeness (QED) is 0.854. The van der Waals surface area contributed by atoms with Gasteiger partial charge in [0.05, 0.1) is 28.6 Å². The maximum absolute atomic E-state index is 13.2. The Morgan fingerprint density at radius 2 is 2.05 bits per heavy atom. The molecule has 0 atom stereocenters. The number of aryl methyl sites for hydroxylation is 1. The van der Waals surface area contributed by atoms with Crippen molar-refractivity contribution < 1.29 is 17.5 Å². The summed E-state index contributed by atoms with van der Waals surface area (Å²) in [5.74, 6) is -0.567. The standard InChI is InChI=1S/C12H17BrFNO3S/c1-8(2)18-4-5-19(16,17)15-12-7-10(13)11(14)6-9(12)3/h6-8,15H,4-5H2,1-3H3. The van der Waals surface area contributed by atoms with Gasteiger partial charge in [-0.1, -0.05) is 0 Å². The van der Waals surface area contributed by atoms with Gasteiger partial charge in [-0.2, -0.15) is 0 Å². The van der Waals surface area contributed by atoms with Crippen LogP contribution in [0.25, 0.3) is 0 Å². The highest BCUT2D eigenvalue weighted by atomic mass is 79.9. The Hall–Kier alpha value is -0.660. The van der Waals surface area contributed by atoms with Crippen molar-refractivity contribution in [3.05, 3.63) is 28.0 Å². The van der Waals surface area contributed by atoms with Gasteiger partial charge in [0.2, 0.25) is 10.0 Å². The smallest absolute Gasteiger partial charge is 0.235 e. The predicted molar refractivity (Wildman–Crippen MR) is 77.3 cm³/mol. The summed E-state index contributed by atoms with van der Waals surface area (Å²) in [5, 5.41) is 0. The van der Waals surface area contributed by atoms with Gasteiger partial charge in [0.25, 0.3) is 0 Å². The van der Waals surface area contributed by atoms with Crippen LogP contribution in [-0.2, 0) is 14.8 Å². The lowest BCUT2D eigenvalue weighted by atomic mass is 10.2. The van der Waals surface area contributed by atoms with E-state index in [1.54, 1.807) is 6.92 Å². The summed E-state index contributed by atoms with van der Waals surface area (Å²) < 4.78 is 44.7. The monoisotopic (exact) mass is 353 g/mol. The first kappa shape index (κ1) is 16.4. The van der Waals surface area contributed by atoms with Crippen LogP contribution < -0.4 is 4.72 Å². The molecule has 108 valence electrons. The van der Waals surface area contributed by atoms with E-state index in [1.807, 2.05) is 13.8 Å². The van der Waals surface area contributed by atoms with Crippen LogP contribution in [0, 0.1) is 12.7 Å². The second-order valence-electron chi connectivity index (χ2n) is 4.42. The summed E-state index contributed by atoms with van der Waals surface area (Å²) in [5.41, 5.74) is 0.881. The van der Waals surface area contributed by atoms with Gasteiger partial charge in [0.1, 0.15) is 5.82 Å². The zero-order valence-electron chi connectivity index (χ0n) is 11.0. The van der Waals surface area contributed by atoms with Crippen LogP contribution in [0.2, 0.25) is 0 Å². The van der Waals surface area contributed by atoms with E-state index in [1.165, 1.54) is 12.1 Å². The molecule has 1 aromatic rings. The summed E-state index contributed by atoms with van der Waals surface area (Å²) in [4.78, 5) is 0. The molecule has 0 heterocycles. The second kappa shape index (κ2) is 6.67. The van der Waals surface area contributed by atoms with E-state index >= 15 is 0 Å². The molecule has 1 rings (SSSR count). The second-order valence-corrected chi connectivity index (χ2v) is 7.12. The van der Waals surface area contributed by atoms with Crippen molar-refractivity contribution >= 4 is 31.6 Å². The van der Waals surface area contributed by atoms with Crippen molar-refractivity contribution in [2.24, 2.45) is 0 Å². The summed E-state index contributed by atoms with van der Waals surface area (Å²) >= 11 is 3.02. The Kier molecular flexibility index (Phi) is 5.76. The van der Waals surface area contributed by atoms with Crippen LogP contribution in [0.5, 0.6) is 0 Å². The van der Waals surface area contributed by atoms with E-state index in [0.29, 0.717) is 11.3 Å². The van der Waals surface area contributed by atoms with Crippen molar-refractivity contribution in [3.8, 4) is 0 Å². The minimum Gasteiger partial charge on any atom is -0.378 e. The molecular weight excluding hydrogens is 337 g/mol. The normalized spacial score (nSPS) is 11.9. The molecule has 0 aromatic heterocycles. The lowest BCUT2D eigenvalue weighted by molar-refractivity contribution is 0.0913. The molecule has 0 unspecified atom stereocenters. The molecule has 0 bridgehead atoms. The summed E-state index contributed by atoms with van der Waals surface area (Å²) in [7, 11) is -3.50. The van der Waals surface area contributed by atoms with E-state index in [-0.39, 0.29) is 22.9 Å². The molecular formula is C12H17BrFNO3S. The maximum Gasteiger partial charge on any atom is 0.235 e. The number of hydrogen-bond donors (Lipinski definition) is 1. The molecule has 1 N–H and O–H groups in total. The van der Waals surface area contributed by atoms with Crippen LogP contribution in [-0.4, -0.2) is 26.9 Å². The van der Waals surface area contributed by atoms with Gasteiger partial charge in [-0.3, -0.25) is 4.72 Å². The summed E-state index contributed by atoms with van der Waals surface area (Å²) in [6.07, 6.45) is -0.0168. The minimum atomic E-state index is -3.50. The highest BCUT2D eigenvalue weighted by Gasteiger charge is 2.14. The van der Waals surface area contributed by atoms with Gasteiger partial charge in [-0.15, -0.1) is 0 Å². The van der Waals surface area contributed by atoms with Crippen LogP contribution in [0.3, 0.4) is 0 Å². The summed E-state index contributed by atoms with van der Waals surface area (Å²) in [6, 6.07) is 2.68. The maximum atomic E-state index is 13.2. The van der Waals surface area contributed by atoms with E-state index in [2.05, 4.69) is 20.7 Å². The topological polar surface area (TPSA) is 55.4 Å². The number of rotatable bonds is 6. The van der Waals surface area contributed by atoms with E-state index in [0.717, 1.165) is 0 Å². The van der Waals surface area contributed by atoms with E-state index in [4.69, 9.17) is 4.74 Å². The zero-order valence-corrected chi connectivity index (χ0v) is 13.4. The van der Waals surface area contributed by atoms with Gasteiger partial charge < -0.3 is 4.74 Å². The Bertz CT molecular complexity index is 546. The lowest BCUT2D eigenvalue weighted by Crippen LogP contribution is -2.22. The first-order valence-electron chi connectivity index (χ1n) is 5.79. The summed E-state index contributed by atoms with van der Waals surface area (Å²) in [6.45, 7) is 5.43. The van der Waals surface area contributed by atoms with Crippen LogP contribution >= 0.6 is 15.9 Å². The highest BCUT2D eigenvalue weighted by Crippen LogP contribution is 2.25. The average molecular weight is 354 g/mol. The third-order valence-corrected chi connectivity index (χ3v) is 4.18. The molecule has 0 aliphatic carbocycles. The Balaban J connectivity index is 2.76. The SMILES string of the molecule is Cc1cc(F)c(Br)cc1NS(=O)(=O)CCOC(C)C. The molecule has 0 fully saturated rings. The molecule has 0 radical (unpaired) electrons. The predicted octanol–water partition coefficient (Wildman–Crippen LogP) is 3.06. The fraction of sp³-hybridized carbons (Fsp3) is 0.500. The number of halogens is 2. The average Bonchev–Trinajstić information content (AvgIpc) is 2.24. The van der Waals surface area contributed by atoms with E-state index < -0.39 is 15.8 Å². The molecule has 0 saturated carbocycles. The third kappa shape index (κ3) is 5.46. The number of ether oxygens (including phenoxy) is 1. The molecule has 1 aromatic carbocycles. The largest absolute Gasteiger partial charge is 0.378 e. The Labute approximate surface area is 121 Å². The van der Waals surface area contributed by atoms with Crippen molar-refractivity contribution in [1.82, 2.24) is 0 Å². The van der Waals surface area contributed by atoms with Gasteiger partial charge >= 0.3 is 0 Å².